The average molecular weight is 251 g/mol. The second kappa shape index (κ2) is 6.26. The van der Waals surface area contributed by atoms with Crippen LogP contribution in [0, 0.1) is 5.92 Å². The van der Waals surface area contributed by atoms with Gasteiger partial charge in [0.05, 0.1) is 18.1 Å². The van der Waals surface area contributed by atoms with Crippen LogP contribution in [0.1, 0.15) is 26.2 Å². The molecule has 1 saturated heterocycles. The fourth-order valence-electron chi connectivity index (χ4n) is 1.97. The number of aliphatic hydroxyl groups excluding tert-OH is 2. The van der Waals surface area contributed by atoms with Gasteiger partial charge in [-0.1, -0.05) is 13.3 Å². The summed E-state index contributed by atoms with van der Waals surface area (Å²) in [5.41, 5.74) is 0. The van der Waals surface area contributed by atoms with E-state index in [-0.39, 0.29) is 19.0 Å². The van der Waals surface area contributed by atoms with Crippen LogP contribution in [0.15, 0.2) is 0 Å². The number of unbranched alkanes of at least 4 members (excludes halogenated alkanes) is 1. The van der Waals surface area contributed by atoms with Crippen molar-refractivity contribution in [3.63, 3.8) is 0 Å². The number of hydrogen-bond acceptors (Lipinski definition) is 3. The summed E-state index contributed by atoms with van der Waals surface area (Å²) in [5, 5.41) is 18.9. The fraction of sp³-hybridized carbons (Fsp3) is 0.909. The fourth-order valence-corrected chi connectivity index (χ4v) is 1.97. The van der Waals surface area contributed by atoms with E-state index in [1.165, 1.54) is 4.90 Å². The van der Waals surface area contributed by atoms with Gasteiger partial charge in [-0.2, -0.15) is 0 Å². The zero-order valence-corrected chi connectivity index (χ0v) is 9.85. The highest BCUT2D eigenvalue weighted by Gasteiger charge is 2.40. The van der Waals surface area contributed by atoms with Gasteiger partial charge >= 0.3 is 0 Å². The van der Waals surface area contributed by atoms with Crippen molar-refractivity contribution >= 4 is 5.91 Å². The first-order valence-corrected chi connectivity index (χ1v) is 5.89. The summed E-state index contributed by atoms with van der Waals surface area (Å²) in [6.07, 6.45) is -3.62. The highest BCUT2D eigenvalue weighted by Crippen LogP contribution is 2.24. The van der Waals surface area contributed by atoms with Gasteiger partial charge in [0.2, 0.25) is 12.3 Å². The number of amides is 1. The molecule has 17 heavy (non-hydrogen) atoms. The number of likely N-dealkylation sites (tertiary alicyclic amines) is 1. The molecule has 1 unspecified atom stereocenters. The standard InChI is InChI=1S/C11H19F2NO3/c1-2-3-4-9(16)14-5-7(11(12)13)10(17)8(15)6-14/h7-8,10-11,15,17H,2-6H2,1H3/t7-,8?,10+/m0/s1. The van der Waals surface area contributed by atoms with Crippen LogP contribution in [0.25, 0.3) is 0 Å². The highest BCUT2D eigenvalue weighted by molar-refractivity contribution is 5.76. The molecule has 1 heterocycles. The van der Waals surface area contributed by atoms with Crippen LogP contribution in [0.4, 0.5) is 8.78 Å². The van der Waals surface area contributed by atoms with E-state index < -0.39 is 24.6 Å². The number of carbonyl (C=O) groups excluding carboxylic acids is 1. The molecule has 4 nitrogen and oxygen atoms in total. The van der Waals surface area contributed by atoms with Gasteiger partial charge in [0, 0.05) is 19.5 Å². The van der Waals surface area contributed by atoms with Crippen molar-refractivity contribution < 1.29 is 23.8 Å². The third kappa shape index (κ3) is 3.61. The largest absolute Gasteiger partial charge is 0.390 e. The van der Waals surface area contributed by atoms with Crippen molar-refractivity contribution in [1.29, 1.82) is 0 Å². The van der Waals surface area contributed by atoms with Gasteiger partial charge < -0.3 is 15.1 Å². The quantitative estimate of drug-likeness (QED) is 0.770. The summed E-state index contributed by atoms with van der Waals surface area (Å²) in [6.45, 7) is 1.69. The molecule has 0 aromatic rings. The predicted octanol–water partition coefficient (Wildman–Crippen LogP) is 0.622. The van der Waals surface area contributed by atoms with Gasteiger partial charge in [0.25, 0.3) is 0 Å². The summed E-state index contributed by atoms with van der Waals surface area (Å²) < 4.78 is 25.2. The number of halogens is 2. The molecule has 0 aliphatic carbocycles. The Bertz CT molecular complexity index is 263. The minimum Gasteiger partial charge on any atom is -0.390 e. The van der Waals surface area contributed by atoms with E-state index in [0.717, 1.165) is 6.42 Å². The van der Waals surface area contributed by atoms with E-state index in [1.54, 1.807) is 0 Å². The van der Waals surface area contributed by atoms with Crippen LogP contribution in [0.5, 0.6) is 0 Å². The number of aliphatic hydroxyl groups is 2. The van der Waals surface area contributed by atoms with Crippen LogP contribution in [0.2, 0.25) is 0 Å². The predicted molar refractivity (Wildman–Crippen MR) is 57.6 cm³/mol. The topological polar surface area (TPSA) is 60.8 Å². The van der Waals surface area contributed by atoms with Crippen LogP contribution in [-0.4, -0.2) is 52.7 Å². The highest BCUT2D eigenvalue weighted by atomic mass is 19.3. The number of β-amino-alcohol motifs (C(OH)–C–C–N with tert-alkyl or cyclic N) is 1. The smallest absolute Gasteiger partial charge is 0.245 e. The summed E-state index contributed by atoms with van der Waals surface area (Å²) in [7, 11) is 0. The molecule has 2 N–H and O–H groups in total. The maximum atomic E-state index is 12.6. The van der Waals surface area contributed by atoms with Gasteiger partial charge in [0.1, 0.15) is 0 Å². The summed E-state index contributed by atoms with van der Waals surface area (Å²) in [4.78, 5) is 12.9. The Balaban J connectivity index is 2.60. The van der Waals surface area contributed by atoms with Crippen molar-refractivity contribution in [1.82, 2.24) is 4.90 Å². The number of alkyl halides is 2. The Hall–Kier alpha value is -0.750. The Morgan fingerprint density at radius 3 is 2.59 bits per heavy atom. The van der Waals surface area contributed by atoms with E-state index in [2.05, 4.69) is 0 Å². The third-order valence-corrected chi connectivity index (χ3v) is 3.09. The molecule has 1 aliphatic heterocycles. The molecule has 6 heteroatoms. The Morgan fingerprint density at radius 1 is 1.41 bits per heavy atom. The lowest BCUT2D eigenvalue weighted by molar-refractivity contribution is -0.150. The van der Waals surface area contributed by atoms with E-state index >= 15 is 0 Å². The minimum atomic E-state index is -2.73. The van der Waals surface area contributed by atoms with Crippen molar-refractivity contribution in [2.45, 2.75) is 44.8 Å². The molecule has 0 bridgehead atoms. The third-order valence-electron chi connectivity index (χ3n) is 3.09. The molecule has 1 rings (SSSR count). The van der Waals surface area contributed by atoms with Gasteiger partial charge in [-0.05, 0) is 6.42 Å². The molecule has 0 saturated carbocycles. The van der Waals surface area contributed by atoms with E-state index in [0.29, 0.717) is 12.8 Å². The molecular formula is C11H19F2NO3. The lowest BCUT2D eigenvalue weighted by Gasteiger charge is -2.39. The van der Waals surface area contributed by atoms with Crippen molar-refractivity contribution in [3.8, 4) is 0 Å². The number of piperidine rings is 1. The first kappa shape index (κ1) is 14.3. The van der Waals surface area contributed by atoms with Crippen LogP contribution in [0.3, 0.4) is 0 Å². The number of nitrogens with zero attached hydrogens (tertiary/aromatic N) is 1. The van der Waals surface area contributed by atoms with Crippen molar-refractivity contribution in [3.05, 3.63) is 0 Å². The van der Waals surface area contributed by atoms with Gasteiger partial charge in [-0.15, -0.1) is 0 Å². The molecular weight excluding hydrogens is 232 g/mol. The summed E-state index contributed by atoms with van der Waals surface area (Å²) in [5.74, 6) is -1.59. The first-order valence-electron chi connectivity index (χ1n) is 5.89. The molecule has 0 spiro atoms. The molecule has 1 amide bonds. The number of hydrogen-bond donors (Lipinski definition) is 2. The maximum Gasteiger partial charge on any atom is 0.245 e. The van der Waals surface area contributed by atoms with Gasteiger partial charge in [0.15, 0.2) is 0 Å². The molecule has 0 aromatic carbocycles. The molecule has 0 radical (unpaired) electrons. The Kier molecular flexibility index (Phi) is 5.27. The number of rotatable bonds is 4. The Morgan fingerprint density at radius 2 is 2.06 bits per heavy atom. The molecule has 3 atom stereocenters. The van der Waals surface area contributed by atoms with Crippen LogP contribution in [-0.2, 0) is 4.79 Å². The monoisotopic (exact) mass is 251 g/mol. The summed E-state index contributed by atoms with van der Waals surface area (Å²) in [6, 6.07) is 0. The maximum absolute atomic E-state index is 12.6. The van der Waals surface area contributed by atoms with E-state index in [1.807, 2.05) is 6.92 Å². The van der Waals surface area contributed by atoms with Gasteiger partial charge in [-0.3, -0.25) is 4.79 Å². The Labute approximate surface area is 99.2 Å². The average Bonchev–Trinajstić information content (AvgIpc) is 2.28. The minimum absolute atomic E-state index is 0.0626. The second-order valence-corrected chi connectivity index (χ2v) is 4.46. The molecule has 1 fully saturated rings. The SMILES string of the molecule is CCCCC(=O)N1CC(O)[C@H](O)[C@@H](C(F)F)C1. The second-order valence-electron chi connectivity index (χ2n) is 4.46. The normalized spacial score (nSPS) is 29.8. The molecule has 100 valence electrons. The molecule has 1 aliphatic rings. The number of carbonyl (C=O) groups is 1. The molecule has 0 aromatic heterocycles. The first-order chi connectivity index (χ1) is 7.97. The lowest BCUT2D eigenvalue weighted by atomic mass is 9.92. The van der Waals surface area contributed by atoms with Crippen LogP contribution < -0.4 is 0 Å². The van der Waals surface area contributed by atoms with Crippen molar-refractivity contribution in [2.75, 3.05) is 13.1 Å². The zero-order valence-electron chi connectivity index (χ0n) is 9.85. The van der Waals surface area contributed by atoms with Crippen LogP contribution >= 0.6 is 0 Å². The zero-order chi connectivity index (χ0) is 13.0. The van der Waals surface area contributed by atoms with Crippen molar-refractivity contribution in [2.24, 2.45) is 5.92 Å². The van der Waals surface area contributed by atoms with E-state index in [4.69, 9.17) is 0 Å². The van der Waals surface area contributed by atoms with Gasteiger partial charge in [-0.25, -0.2) is 8.78 Å². The summed E-state index contributed by atoms with van der Waals surface area (Å²) >= 11 is 0. The lowest BCUT2D eigenvalue weighted by Crippen LogP contribution is -2.56. The van der Waals surface area contributed by atoms with E-state index in [9.17, 15) is 23.8 Å².